The second kappa shape index (κ2) is 38.6. The molecule has 0 saturated heterocycles. The Balaban J connectivity index is 4.55. The topological polar surface area (TPSA) is 129 Å². The second-order valence-corrected chi connectivity index (χ2v) is 17.4. The summed E-state index contributed by atoms with van der Waals surface area (Å²) < 4.78 is 34.2. The molecule has 58 heavy (non-hydrogen) atoms. The molecule has 11 heteroatoms. The number of likely N-dealkylation sites (N-methyl/N-ethyl adjacent to an activating group) is 1. The number of nitrogens with zero attached hydrogens (tertiary/aromatic N) is 1. The van der Waals surface area contributed by atoms with Crippen LogP contribution in [-0.2, 0) is 32.7 Å². The molecule has 0 aliphatic heterocycles. The van der Waals surface area contributed by atoms with E-state index in [4.69, 9.17) is 18.5 Å². The molecule has 0 spiro atoms. The van der Waals surface area contributed by atoms with Crippen LogP contribution in [0, 0.1) is 0 Å². The number of allylic oxidation sites excluding steroid dienone is 10. The van der Waals surface area contributed by atoms with Gasteiger partial charge in [0.15, 0.2) is 6.10 Å². The van der Waals surface area contributed by atoms with Crippen LogP contribution in [0.2, 0.25) is 0 Å². The van der Waals surface area contributed by atoms with E-state index in [1.165, 1.54) is 70.6 Å². The molecule has 0 amide bonds. The molecule has 2 N–H and O–H groups in total. The first kappa shape index (κ1) is 55.4. The van der Waals surface area contributed by atoms with Gasteiger partial charge in [-0.1, -0.05) is 170 Å². The lowest BCUT2D eigenvalue weighted by molar-refractivity contribution is -0.870. The number of quaternary nitrogens is 1. The van der Waals surface area contributed by atoms with Crippen molar-refractivity contribution in [2.24, 2.45) is 0 Å². The molecule has 0 saturated carbocycles. The Hall–Kier alpha value is -2.59. The fourth-order valence-electron chi connectivity index (χ4n) is 5.59. The summed E-state index contributed by atoms with van der Waals surface area (Å²) in [5, 5.41) is 10.0. The summed E-state index contributed by atoms with van der Waals surface area (Å²) in [7, 11) is 1.39. The molecule has 0 aliphatic rings. The molecule has 0 fully saturated rings. The normalized spacial score (nSPS) is 14.8. The van der Waals surface area contributed by atoms with Gasteiger partial charge < -0.3 is 24.0 Å². The van der Waals surface area contributed by atoms with E-state index in [-0.39, 0.29) is 26.1 Å². The summed E-state index contributed by atoms with van der Waals surface area (Å²) >= 11 is 0. The molecule has 0 aromatic heterocycles. The fourth-order valence-corrected chi connectivity index (χ4v) is 6.34. The highest BCUT2D eigenvalue weighted by Gasteiger charge is 2.27. The van der Waals surface area contributed by atoms with E-state index in [9.17, 15) is 24.2 Å². The lowest BCUT2D eigenvalue weighted by Crippen LogP contribution is -2.37. The van der Waals surface area contributed by atoms with E-state index in [1.807, 2.05) is 69.8 Å². The number of phosphoric ester groups is 1. The highest BCUT2D eigenvalue weighted by molar-refractivity contribution is 7.47. The van der Waals surface area contributed by atoms with Crippen molar-refractivity contribution in [1.82, 2.24) is 0 Å². The number of unbranched alkanes of at least 4 members (excludes halogenated alkanes) is 13. The Morgan fingerprint density at radius 3 is 1.79 bits per heavy atom. The largest absolute Gasteiger partial charge is 0.472 e. The summed E-state index contributed by atoms with van der Waals surface area (Å²) in [4.78, 5) is 35.3. The van der Waals surface area contributed by atoms with E-state index >= 15 is 0 Å². The zero-order chi connectivity index (χ0) is 43.0. The quantitative estimate of drug-likeness (QED) is 0.0155. The number of carbonyl (C=O) groups is 2. The molecule has 0 radical (unpaired) electrons. The Bertz CT molecular complexity index is 1230. The molecule has 0 bridgehead atoms. The zero-order valence-corrected chi connectivity index (χ0v) is 38.0. The van der Waals surface area contributed by atoms with Gasteiger partial charge in [-0.2, -0.15) is 0 Å². The van der Waals surface area contributed by atoms with Crippen molar-refractivity contribution in [2.75, 3.05) is 47.5 Å². The van der Waals surface area contributed by atoms with Crippen molar-refractivity contribution in [3.8, 4) is 0 Å². The molecule has 0 aromatic rings. The molecule has 10 nitrogen and oxygen atoms in total. The number of ether oxygens (including phenoxy) is 2. The number of hydrogen-bond donors (Lipinski definition) is 2. The Morgan fingerprint density at radius 1 is 0.638 bits per heavy atom. The van der Waals surface area contributed by atoms with Crippen LogP contribution in [0.5, 0.6) is 0 Å². The Labute approximate surface area is 353 Å². The summed E-state index contributed by atoms with van der Waals surface area (Å²) in [6.07, 6.45) is 44.2. The Morgan fingerprint density at radius 2 is 1.19 bits per heavy atom. The first-order valence-corrected chi connectivity index (χ1v) is 23.8. The minimum Gasteiger partial charge on any atom is -0.462 e. The predicted molar refractivity (Wildman–Crippen MR) is 239 cm³/mol. The maximum atomic E-state index is 12.7. The third-order valence-corrected chi connectivity index (χ3v) is 10.1. The number of aliphatic hydroxyl groups excluding tert-OH is 1. The van der Waals surface area contributed by atoms with Gasteiger partial charge in [0.05, 0.1) is 33.9 Å². The van der Waals surface area contributed by atoms with Gasteiger partial charge in [0, 0.05) is 12.8 Å². The predicted octanol–water partition coefficient (Wildman–Crippen LogP) is 11.6. The van der Waals surface area contributed by atoms with Gasteiger partial charge in [-0.15, -0.1) is 0 Å². The van der Waals surface area contributed by atoms with Crippen molar-refractivity contribution >= 4 is 19.8 Å². The van der Waals surface area contributed by atoms with Crippen molar-refractivity contribution in [3.05, 3.63) is 72.9 Å². The van der Waals surface area contributed by atoms with E-state index in [0.717, 1.165) is 38.5 Å². The van der Waals surface area contributed by atoms with Crippen LogP contribution in [0.1, 0.15) is 155 Å². The monoisotopic (exact) mass is 837 g/mol. The number of phosphoric acid groups is 1. The summed E-state index contributed by atoms with van der Waals surface area (Å²) in [6.45, 7) is 4.13. The third kappa shape index (κ3) is 41.6. The van der Waals surface area contributed by atoms with Crippen LogP contribution in [0.15, 0.2) is 72.9 Å². The Kier molecular flexibility index (Phi) is 36.9. The summed E-state index contributed by atoms with van der Waals surface area (Å²) in [6, 6.07) is 0. The van der Waals surface area contributed by atoms with Gasteiger partial charge in [-0.3, -0.25) is 18.6 Å². The van der Waals surface area contributed by atoms with Gasteiger partial charge in [0.2, 0.25) is 0 Å². The van der Waals surface area contributed by atoms with Crippen molar-refractivity contribution in [2.45, 2.75) is 167 Å². The molecule has 2 unspecified atom stereocenters. The lowest BCUT2D eigenvalue weighted by atomic mass is 10.0. The van der Waals surface area contributed by atoms with Crippen LogP contribution < -0.4 is 0 Å². The highest BCUT2D eigenvalue weighted by Crippen LogP contribution is 2.43. The van der Waals surface area contributed by atoms with Crippen molar-refractivity contribution in [1.29, 1.82) is 0 Å². The van der Waals surface area contributed by atoms with Gasteiger partial charge in [0.1, 0.15) is 19.8 Å². The highest BCUT2D eigenvalue weighted by atomic mass is 31.2. The maximum Gasteiger partial charge on any atom is 0.472 e. The first-order valence-electron chi connectivity index (χ1n) is 22.3. The molecular formula is C47H83NO9P+. The average molecular weight is 837 g/mol. The summed E-state index contributed by atoms with van der Waals surface area (Å²) in [5.41, 5.74) is 0. The van der Waals surface area contributed by atoms with E-state index in [0.29, 0.717) is 30.3 Å². The zero-order valence-electron chi connectivity index (χ0n) is 37.1. The second-order valence-electron chi connectivity index (χ2n) is 15.9. The maximum absolute atomic E-state index is 12.7. The molecule has 334 valence electrons. The van der Waals surface area contributed by atoms with E-state index in [2.05, 4.69) is 32.1 Å². The molecule has 0 heterocycles. The van der Waals surface area contributed by atoms with Crippen LogP contribution >= 0.6 is 7.82 Å². The van der Waals surface area contributed by atoms with Gasteiger partial charge >= 0.3 is 19.8 Å². The number of aliphatic hydroxyl groups is 1. The molecular weight excluding hydrogens is 753 g/mol. The molecule has 0 aromatic carbocycles. The van der Waals surface area contributed by atoms with E-state index < -0.39 is 38.6 Å². The van der Waals surface area contributed by atoms with Crippen molar-refractivity contribution < 1.29 is 47.2 Å². The SMILES string of the molecule is CC/C=C\C/C=C\CC(O)/C=C/C=C\C/C=C\C/C=C\CCC(=O)O[C@H](COC(=O)CCCCCCCCCCCCCCCC)COP(=O)(O)OCC[N+](C)(C)C. The van der Waals surface area contributed by atoms with E-state index in [1.54, 1.807) is 6.08 Å². The van der Waals surface area contributed by atoms with Crippen LogP contribution in [0.4, 0.5) is 0 Å². The molecule has 0 aliphatic carbocycles. The number of esters is 2. The smallest absolute Gasteiger partial charge is 0.462 e. The van der Waals surface area contributed by atoms with Gasteiger partial charge in [0.25, 0.3) is 0 Å². The third-order valence-electron chi connectivity index (χ3n) is 9.09. The molecule has 0 rings (SSSR count). The van der Waals surface area contributed by atoms with Crippen LogP contribution in [0.25, 0.3) is 0 Å². The molecule has 3 atom stereocenters. The van der Waals surface area contributed by atoms with Crippen LogP contribution in [0.3, 0.4) is 0 Å². The van der Waals surface area contributed by atoms with Crippen LogP contribution in [-0.4, -0.2) is 86.1 Å². The minimum atomic E-state index is -4.41. The standard InChI is InChI=1S/C47H82NO9P/c1-6-8-10-12-14-15-16-17-18-19-23-26-30-34-38-46(50)54-42-45(43-56-58(52,53)55-41-40-48(3,4)5)57-47(51)39-35-31-27-24-21-20-22-25-29-33-37-44(49)36-32-28-13-11-9-7-2/h9,11,20-21,25,27-29,31-33,37,44-45,49H,6-8,10,12-19,22-24,26,30,34-36,38-43H2,1-5H3/p+1/b11-9-,21-20-,29-25-,31-27-,32-28-,37-33+/t44?,45-/m1/s1. The van der Waals surface area contributed by atoms with Crippen molar-refractivity contribution in [3.63, 3.8) is 0 Å². The van der Waals surface area contributed by atoms with Gasteiger partial charge in [-0.05, 0) is 44.9 Å². The average Bonchev–Trinajstić information content (AvgIpc) is 3.17. The minimum absolute atomic E-state index is 0.00657. The number of carbonyl (C=O) groups excluding carboxylic acids is 2. The fraction of sp³-hybridized carbons (Fsp3) is 0.702. The summed E-state index contributed by atoms with van der Waals surface area (Å²) in [5.74, 6) is -0.929. The number of hydrogen-bond acceptors (Lipinski definition) is 8. The first-order chi connectivity index (χ1) is 27.9. The number of rotatable bonds is 39. The van der Waals surface area contributed by atoms with Gasteiger partial charge in [-0.25, -0.2) is 4.57 Å². The lowest BCUT2D eigenvalue weighted by Gasteiger charge is -2.24.